The minimum absolute atomic E-state index is 0.0521. The first-order valence-corrected chi connectivity index (χ1v) is 2.82. The van der Waals surface area contributed by atoms with E-state index in [9.17, 15) is 13.2 Å². The van der Waals surface area contributed by atoms with E-state index in [0.717, 1.165) is 0 Å². The molecule has 3 heteroatoms. The van der Waals surface area contributed by atoms with Crippen molar-refractivity contribution in [1.29, 1.82) is 0 Å². The number of hydrogen-bond donors (Lipinski definition) is 0. The SMILES string of the molecule is FC1CCC=CC1(F)F. The third kappa shape index (κ3) is 1.26. The lowest BCUT2D eigenvalue weighted by atomic mass is 10.0. The van der Waals surface area contributed by atoms with E-state index in [1.807, 2.05) is 0 Å². The maximum absolute atomic E-state index is 12.2. The predicted molar refractivity (Wildman–Crippen MR) is 28.2 cm³/mol. The van der Waals surface area contributed by atoms with Crippen LogP contribution in [0.15, 0.2) is 12.2 Å². The molecule has 0 amide bonds. The smallest absolute Gasteiger partial charge is 0.240 e. The lowest BCUT2D eigenvalue weighted by molar-refractivity contribution is -0.0351. The molecular weight excluding hydrogens is 129 g/mol. The molecule has 0 saturated carbocycles. The first-order chi connectivity index (χ1) is 4.13. The van der Waals surface area contributed by atoms with Crippen LogP contribution in [0.3, 0.4) is 0 Å². The zero-order chi connectivity index (χ0) is 6.91. The van der Waals surface area contributed by atoms with Gasteiger partial charge in [-0.05, 0) is 18.9 Å². The largest absolute Gasteiger partial charge is 0.297 e. The number of rotatable bonds is 0. The summed E-state index contributed by atoms with van der Waals surface area (Å²) in [7, 11) is 0. The predicted octanol–water partition coefficient (Wildman–Crippen LogP) is 2.31. The third-order valence-electron chi connectivity index (χ3n) is 1.34. The molecule has 0 aromatic rings. The minimum Gasteiger partial charge on any atom is -0.240 e. The fourth-order valence-electron chi connectivity index (χ4n) is 0.780. The van der Waals surface area contributed by atoms with Gasteiger partial charge in [-0.2, -0.15) is 8.78 Å². The second-order valence-electron chi connectivity index (χ2n) is 2.12. The van der Waals surface area contributed by atoms with E-state index < -0.39 is 12.1 Å². The summed E-state index contributed by atoms with van der Waals surface area (Å²) in [5.74, 6) is -3.21. The van der Waals surface area contributed by atoms with E-state index >= 15 is 0 Å². The molecule has 0 fully saturated rings. The second-order valence-corrected chi connectivity index (χ2v) is 2.12. The Hall–Kier alpha value is -0.470. The maximum Gasteiger partial charge on any atom is 0.297 e. The van der Waals surface area contributed by atoms with E-state index in [1.165, 1.54) is 6.08 Å². The van der Waals surface area contributed by atoms with Gasteiger partial charge in [0.25, 0.3) is 5.92 Å². The van der Waals surface area contributed by atoms with Crippen molar-refractivity contribution in [2.45, 2.75) is 24.9 Å². The van der Waals surface area contributed by atoms with Gasteiger partial charge in [-0.15, -0.1) is 0 Å². The highest BCUT2D eigenvalue weighted by atomic mass is 19.3. The van der Waals surface area contributed by atoms with E-state index in [-0.39, 0.29) is 6.42 Å². The maximum atomic E-state index is 12.2. The molecule has 0 aliphatic heterocycles. The van der Waals surface area contributed by atoms with Crippen molar-refractivity contribution in [2.75, 3.05) is 0 Å². The van der Waals surface area contributed by atoms with Gasteiger partial charge in [0.15, 0.2) is 6.17 Å². The lowest BCUT2D eigenvalue weighted by Crippen LogP contribution is -2.29. The summed E-state index contributed by atoms with van der Waals surface area (Å²) in [6, 6.07) is 0. The molecule has 0 spiro atoms. The van der Waals surface area contributed by atoms with Gasteiger partial charge < -0.3 is 0 Å². The molecule has 0 heterocycles. The Balaban J connectivity index is 2.68. The van der Waals surface area contributed by atoms with E-state index in [0.29, 0.717) is 12.5 Å². The summed E-state index contributed by atoms with van der Waals surface area (Å²) < 4.78 is 36.4. The van der Waals surface area contributed by atoms with Gasteiger partial charge in [-0.1, -0.05) is 6.08 Å². The zero-order valence-electron chi connectivity index (χ0n) is 4.78. The Morgan fingerprint density at radius 2 is 2.11 bits per heavy atom. The van der Waals surface area contributed by atoms with Crippen molar-refractivity contribution in [3.63, 3.8) is 0 Å². The molecule has 0 saturated heterocycles. The molecule has 1 aliphatic carbocycles. The monoisotopic (exact) mass is 136 g/mol. The van der Waals surface area contributed by atoms with Gasteiger partial charge in [0, 0.05) is 0 Å². The highest BCUT2D eigenvalue weighted by Gasteiger charge is 2.38. The Morgan fingerprint density at radius 3 is 2.44 bits per heavy atom. The first kappa shape index (κ1) is 6.65. The topological polar surface area (TPSA) is 0 Å². The second kappa shape index (κ2) is 2.05. The summed E-state index contributed by atoms with van der Waals surface area (Å²) in [6.07, 6.45) is 0.361. The summed E-state index contributed by atoms with van der Waals surface area (Å²) in [4.78, 5) is 0. The molecule has 9 heavy (non-hydrogen) atoms. The van der Waals surface area contributed by atoms with Crippen molar-refractivity contribution in [3.8, 4) is 0 Å². The fourth-order valence-corrected chi connectivity index (χ4v) is 0.780. The average Bonchev–Trinajstić information content (AvgIpc) is 1.77. The minimum atomic E-state index is -3.21. The zero-order valence-corrected chi connectivity index (χ0v) is 4.78. The Bertz CT molecular complexity index is 128. The van der Waals surface area contributed by atoms with Crippen LogP contribution in [0.4, 0.5) is 13.2 Å². The molecule has 0 bridgehead atoms. The van der Waals surface area contributed by atoms with Crippen LogP contribution in [0, 0.1) is 0 Å². The summed E-state index contributed by atoms with van der Waals surface area (Å²) in [5, 5.41) is 0. The van der Waals surface area contributed by atoms with Crippen LogP contribution in [0.25, 0.3) is 0 Å². The van der Waals surface area contributed by atoms with Crippen LogP contribution in [-0.2, 0) is 0 Å². The highest BCUT2D eigenvalue weighted by Crippen LogP contribution is 2.30. The lowest BCUT2D eigenvalue weighted by Gasteiger charge is -2.19. The van der Waals surface area contributed by atoms with Gasteiger partial charge in [-0.25, -0.2) is 4.39 Å². The number of halogens is 3. The van der Waals surface area contributed by atoms with Crippen LogP contribution in [0.5, 0.6) is 0 Å². The molecule has 0 aromatic carbocycles. The summed E-state index contributed by atoms with van der Waals surface area (Å²) in [5.41, 5.74) is 0. The molecule has 1 rings (SSSR count). The van der Waals surface area contributed by atoms with Crippen molar-refractivity contribution < 1.29 is 13.2 Å². The van der Waals surface area contributed by atoms with Crippen LogP contribution in [0.2, 0.25) is 0 Å². The highest BCUT2D eigenvalue weighted by molar-refractivity contribution is 5.03. The normalized spacial score (nSPS) is 32.6. The number of allylic oxidation sites excluding steroid dienone is 2. The van der Waals surface area contributed by atoms with Crippen LogP contribution in [0.1, 0.15) is 12.8 Å². The molecule has 1 atom stereocenters. The Morgan fingerprint density at radius 1 is 1.44 bits per heavy atom. The van der Waals surface area contributed by atoms with Crippen LogP contribution in [-0.4, -0.2) is 12.1 Å². The Labute approximate surface area is 51.4 Å². The molecule has 0 aromatic heterocycles. The van der Waals surface area contributed by atoms with Crippen molar-refractivity contribution in [2.24, 2.45) is 0 Å². The van der Waals surface area contributed by atoms with Crippen LogP contribution < -0.4 is 0 Å². The van der Waals surface area contributed by atoms with Crippen molar-refractivity contribution in [3.05, 3.63) is 12.2 Å². The number of alkyl halides is 3. The Kier molecular flexibility index (Phi) is 1.51. The molecule has 0 nitrogen and oxygen atoms in total. The molecule has 0 radical (unpaired) electrons. The summed E-state index contributed by atoms with van der Waals surface area (Å²) in [6.45, 7) is 0. The van der Waals surface area contributed by atoms with Crippen LogP contribution >= 0.6 is 0 Å². The first-order valence-electron chi connectivity index (χ1n) is 2.82. The van der Waals surface area contributed by atoms with E-state index in [4.69, 9.17) is 0 Å². The van der Waals surface area contributed by atoms with Gasteiger partial charge in [0.05, 0.1) is 0 Å². The number of hydrogen-bond acceptors (Lipinski definition) is 0. The quantitative estimate of drug-likeness (QED) is 0.448. The van der Waals surface area contributed by atoms with Crippen molar-refractivity contribution in [1.82, 2.24) is 0 Å². The van der Waals surface area contributed by atoms with Gasteiger partial charge in [-0.3, -0.25) is 0 Å². The van der Waals surface area contributed by atoms with E-state index in [1.54, 1.807) is 0 Å². The fraction of sp³-hybridized carbons (Fsp3) is 0.667. The van der Waals surface area contributed by atoms with Gasteiger partial charge >= 0.3 is 0 Å². The van der Waals surface area contributed by atoms with Crippen molar-refractivity contribution >= 4 is 0 Å². The summed E-state index contributed by atoms with van der Waals surface area (Å²) >= 11 is 0. The van der Waals surface area contributed by atoms with Gasteiger partial charge in [0.2, 0.25) is 0 Å². The third-order valence-corrected chi connectivity index (χ3v) is 1.34. The molecule has 0 N–H and O–H groups in total. The molecule has 1 unspecified atom stereocenters. The van der Waals surface area contributed by atoms with E-state index in [2.05, 4.69) is 0 Å². The average molecular weight is 136 g/mol. The molecule has 1 aliphatic rings. The molecular formula is C6H7F3. The molecule has 52 valence electrons. The van der Waals surface area contributed by atoms with Gasteiger partial charge in [0.1, 0.15) is 0 Å². The standard InChI is InChI=1S/C6H7F3/c7-5-3-1-2-4-6(5,8)9/h2,4-5H,1,3H2.